The zero-order valence-corrected chi connectivity index (χ0v) is 37.0. The average molecular weight is 935 g/mol. The Morgan fingerprint density at radius 1 is 0.462 bits per heavy atom. The maximum atomic E-state index is 13.3. The van der Waals surface area contributed by atoms with Crippen molar-refractivity contribution in [3.8, 4) is 28.7 Å². The van der Waals surface area contributed by atoms with Gasteiger partial charge in [0.2, 0.25) is 0 Å². The van der Waals surface area contributed by atoms with Gasteiger partial charge in [-0.3, -0.25) is 23.2 Å². The molecule has 0 spiro atoms. The first-order valence-electron chi connectivity index (χ1n) is 19.3. The molecule has 17 heteroatoms. The first-order valence-corrected chi connectivity index (χ1v) is 23.7. The summed E-state index contributed by atoms with van der Waals surface area (Å²) in [4.78, 5) is 24.6. The third-order valence-electron chi connectivity index (χ3n) is 10.7. The van der Waals surface area contributed by atoms with E-state index in [2.05, 4.69) is 0 Å². The van der Waals surface area contributed by atoms with E-state index in [9.17, 15) is 48.5 Å². The van der Waals surface area contributed by atoms with E-state index in [0.717, 1.165) is 46.5 Å². The van der Waals surface area contributed by atoms with Crippen molar-refractivity contribution in [3.05, 3.63) is 202 Å². The Labute approximate surface area is 375 Å². The molecule has 65 heavy (non-hydrogen) atoms. The van der Waals surface area contributed by atoms with Crippen molar-refractivity contribution in [3.63, 3.8) is 0 Å². The number of aryl methyl sites for hydroxylation is 1. The molecule has 1 unspecified atom stereocenters. The summed E-state index contributed by atoms with van der Waals surface area (Å²) in [6.07, 6.45) is 0. The van der Waals surface area contributed by atoms with Crippen LogP contribution < -0.4 is 14.2 Å². The van der Waals surface area contributed by atoms with Crippen molar-refractivity contribution >= 4 is 41.9 Å². The second kappa shape index (κ2) is 17.9. The lowest BCUT2D eigenvalue weighted by molar-refractivity contribution is 0.103. The standard InChI is InChI=1S/C48H38O14S3/c1-30-7-9-31(10-8-30)46(49)33-11-25-42(44(28-33)64(54,55)56)61-39-21-15-36(16-22-39)48(2,35-13-19-38(60-3)20-14-35)37-17-23-40(24-18-37)62-43-26-12-34(29-45(43)65(57,58)59)47(50)32-5-4-6-41(27-32)63(51,52)53/h4-29H,1-3H3,(H,51,52,53)(H,54,55,56)(H,57,58,59). The fourth-order valence-electron chi connectivity index (χ4n) is 7.10. The van der Waals surface area contributed by atoms with Crippen LogP contribution in [0.4, 0.5) is 0 Å². The monoisotopic (exact) mass is 934 g/mol. The van der Waals surface area contributed by atoms with Gasteiger partial charge in [0.05, 0.1) is 12.0 Å². The first-order chi connectivity index (χ1) is 30.6. The third-order valence-corrected chi connectivity index (χ3v) is 13.3. The summed E-state index contributed by atoms with van der Waals surface area (Å²) < 4.78 is 120. The van der Waals surface area contributed by atoms with E-state index < -0.39 is 62.0 Å². The number of methoxy groups -OCH3 is 1. The van der Waals surface area contributed by atoms with Crippen molar-refractivity contribution in [2.75, 3.05) is 7.11 Å². The highest BCUT2D eigenvalue weighted by Crippen LogP contribution is 2.42. The molecule has 3 N–H and O–H groups in total. The molecule has 0 radical (unpaired) electrons. The second-order valence-electron chi connectivity index (χ2n) is 14.9. The number of benzene rings is 7. The van der Waals surface area contributed by atoms with Crippen LogP contribution in [0.15, 0.2) is 172 Å². The Kier molecular flexibility index (Phi) is 12.7. The van der Waals surface area contributed by atoms with E-state index in [1.165, 1.54) is 36.4 Å². The Hall–Kier alpha value is -6.99. The minimum absolute atomic E-state index is 0.0316. The maximum absolute atomic E-state index is 13.3. The fraction of sp³-hybridized carbons (Fsp3) is 0.0833. The molecule has 1 atom stereocenters. The van der Waals surface area contributed by atoms with Crippen LogP contribution in [0, 0.1) is 6.92 Å². The summed E-state index contributed by atoms with van der Waals surface area (Å²) in [5.41, 5.74) is 2.32. The number of hydrogen-bond acceptors (Lipinski definition) is 11. The highest BCUT2D eigenvalue weighted by atomic mass is 32.2. The Bertz CT molecular complexity index is 3300. The topological polar surface area (TPSA) is 225 Å². The van der Waals surface area contributed by atoms with Gasteiger partial charge in [0, 0.05) is 27.7 Å². The number of ether oxygens (including phenoxy) is 3. The van der Waals surface area contributed by atoms with Gasteiger partial charge >= 0.3 is 0 Å². The Morgan fingerprint density at radius 2 is 0.846 bits per heavy atom. The molecule has 0 fully saturated rings. The molecule has 7 aromatic rings. The van der Waals surface area contributed by atoms with Crippen LogP contribution in [0.2, 0.25) is 0 Å². The number of rotatable bonds is 15. The van der Waals surface area contributed by atoms with Gasteiger partial charge in [-0.15, -0.1) is 0 Å². The van der Waals surface area contributed by atoms with Gasteiger partial charge in [0.25, 0.3) is 30.4 Å². The molecule has 14 nitrogen and oxygen atoms in total. The minimum atomic E-state index is -4.97. The molecule has 0 aliphatic heterocycles. The molecular formula is C48H38O14S3. The molecule has 0 saturated carbocycles. The molecule has 0 heterocycles. The summed E-state index contributed by atoms with van der Waals surface area (Å²) in [5.74, 6) is -0.789. The first kappa shape index (κ1) is 46.0. The Morgan fingerprint density at radius 3 is 1.25 bits per heavy atom. The van der Waals surface area contributed by atoms with Crippen LogP contribution in [0.1, 0.15) is 61.0 Å². The molecule has 0 aliphatic carbocycles. The molecule has 0 bridgehead atoms. The van der Waals surface area contributed by atoms with Crippen molar-refractivity contribution < 1.29 is 62.7 Å². The lowest BCUT2D eigenvalue weighted by Gasteiger charge is -2.32. The number of ketones is 2. The lowest BCUT2D eigenvalue weighted by atomic mass is 9.71. The highest BCUT2D eigenvalue weighted by molar-refractivity contribution is 7.86. The lowest BCUT2D eigenvalue weighted by Crippen LogP contribution is -2.25. The summed E-state index contributed by atoms with van der Waals surface area (Å²) in [5, 5.41) is 0. The predicted octanol–water partition coefficient (Wildman–Crippen LogP) is 9.14. The molecule has 0 aromatic heterocycles. The van der Waals surface area contributed by atoms with Crippen LogP contribution >= 0.6 is 0 Å². The summed E-state index contributed by atoms with van der Waals surface area (Å²) in [7, 11) is -12.9. The van der Waals surface area contributed by atoms with Crippen LogP contribution in [0.3, 0.4) is 0 Å². The van der Waals surface area contributed by atoms with E-state index in [4.69, 9.17) is 14.2 Å². The van der Waals surface area contributed by atoms with Crippen LogP contribution in [-0.4, -0.2) is 57.6 Å². The predicted molar refractivity (Wildman–Crippen MR) is 238 cm³/mol. The SMILES string of the molecule is COc1ccc(C(C)(c2ccc(Oc3ccc(C(=O)c4ccc(C)cc4)cc3S(=O)(=O)O)cc2)c2ccc(Oc3ccc(C(=O)c4cccc(S(=O)(=O)O)c4)cc3S(=O)(=O)O)cc2)cc1. The molecule has 0 aliphatic rings. The normalized spacial score (nSPS) is 12.8. The van der Waals surface area contributed by atoms with Crippen molar-refractivity contribution in [1.29, 1.82) is 0 Å². The van der Waals surface area contributed by atoms with Gasteiger partial charge in [-0.25, -0.2) is 0 Å². The van der Waals surface area contributed by atoms with E-state index >= 15 is 0 Å². The van der Waals surface area contributed by atoms with Gasteiger partial charge < -0.3 is 14.2 Å². The van der Waals surface area contributed by atoms with E-state index in [0.29, 0.717) is 11.3 Å². The molecular weight excluding hydrogens is 897 g/mol. The quantitative estimate of drug-likeness (QED) is 0.0495. The fourth-order valence-corrected chi connectivity index (χ4v) is 8.90. The van der Waals surface area contributed by atoms with Crippen LogP contribution in [0.25, 0.3) is 0 Å². The second-order valence-corrected chi connectivity index (χ2v) is 19.1. The Balaban J connectivity index is 1.18. The number of hydrogen-bond donors (Lipinski definition) is 3. The largest absolute Gasteiger partial charge is 0.497 e. The average Bonchev–Trinajstić information content (AvgIpc) is 3.28. The highest BCUT2D eigenvalue weighted by Gasteiger charge is 2.32. The van der Waals surface area contributed by atoms with Crippen LogP contribution in [0.5, 0.6) is 28.7 Å². The zero-order valence-electron chi connectivity index (χ0n) is 34.6. The molecule has 7 rings (SSSR count). The molecule has 332 valence electrons. The van der Waals surface area contributed by atoms with Crippen LogP contribution in [-0.2, 0) is 35.8 Å². The van der Waals surface area contributed by atoms with Crippen molar-refractivity contribution in [2.24, 2.45) is 0 Å². The van der Waals surface area contributed by atoms with Crippen molar-refractivity contribution in [2.45, 2.75) is 33.9 Å². The number of carbonyl (C=O) groups excluding carboxylic acids is 2. The number of carbonyl (C=O) groups is 2. The molecule has 0 amide bonds. The maximum Gasteiger partial charge on any atom is 0.298 e. The summed E-state index contributed by atoms with van der Waals surface area (Å²) >= 11 is 0. The third kappa shape index (κ3) is 10.1. The van der Waals surface area contributed by atoms with Crippen molar-refractivity contribution in [1.82, 2.24) is 0 Å². The smallest absolute Gasteiger partial charge is 0.298 e. The minimum Gasteiger partial charge on any atom is -0.497 e. The molecule has 0 saturated heterocycles. The van der Waals surface area contributed by atoms with E-state index in [-0.39, 0.29) is 39.7 Å². The van der Waals surface area contributed by atoms with Gasteiger partial charge in [0.1, 0.15) is 38.5 Å². The summed E-state index contributed by atoms with van der Waals surface area (Å²) in [6, 6.07) is 39.1. The van der Waals surface area contributed by atoms with E-state index in [1.54, 1.807) is 92.0 Å². The van der Waals surface area contributed by atoms with Gasteiger partial charge in [-0.1, -0.05) is 78.4 Å². The van der Waals surface area contributed by atoms with Gasteiger partial charge in [-0.05, 0) is 115 Å². The zero-order chi connectivity index (χ0) is 46.9. The molecule has 7 aromatic carbocycles. The summed E-state index contributed by atoms with van der Waals surface area (Å²) in [6.45, 7) is 3.82. The van der Waals surface area contributed by atoms with E-state index in [1.807, 2.05) is 26.0 Å². The van der Waals surface area contributed by atoms with Gasteiger partial charge in [-0.2, -0.15) is 25.3 Å². The van der Waals surface area contributed by atoms with Gasteiger partial charge in [0.15, 0.2) is 11.6 Å².